The van der Waals surface area contributed by atoms with Gasteiger partial charge in [-0.05, 0) is 120 Å². The number of pyridine rings is 1. The first-order chi connectivity index (χ1) is 38.6. The summed E-state index contributed by atoms with van der Waals surface area (Å²) in [5, 5.41) is 40.0. The van der Waals surface area contributed by atoms with Crippen LogP contribution in [0.1, 0.15) is 118 Å². The predicted molar refractivity (Wildman–Crippen MR) is 305 cm³/mol. The Kier molecular flexibility index (Phi) is 28.7. The number of hydrogen-bond acceptors (Lipinski definition) is 15. The number of carbonyl (C=O) groups excluding carboxylic acids is 4. The van der Waals surface area contributed by atoms with E-state index in [1.165, 1.54) is 11.1 Å². The zero-order valence-electron chi connectivity index (χ0n) is 46.9. The minimum Gasteiger partial charge on any atom is -0.494 e. The van der Waals surface area contributed by atoms with E-state index in [9.17, 15) is 48.9 Å². The topological polar surface area (TPSA) is 293 Å². The Bertz CT molecular complexity index is 2420. The number of rotatable bonds is 33. The maximum atomic E-state index is 13.8. The van der Waals surface area contributed by atoms with Gasteiger partial charge in [-0.1, -0.05) is 42.7 Å². The number of fused-ring (bicyclic) bond motifs is 1. The lowest BCUT2D eigenvalue weighted by atomic mass is 9.91. The molecule has 0 unspecified atom stereocenters. The van der Waals surface area contributed by atoms with Crippen LogP contribution in [0.15, 0.2) is 59.8 Å². The number of ether oxygens (including phenoxy) is 1. The molecule has 2 aromatic carbocycles. The lowest BCUT2D eigenvalue weighted by Crippen LogP contribution is -2.51. The number of likely N-dealkylation sites (tertiary alicyclic amines) is 1. The Morgan fingerprint density at radius 3 is 1.94 bits per heavy atom. The monoisotopic (exact) mass is 1110 g/mol. The summed E-state index contributed by atoms with van der Waals surface area (Å²) in [5.74, 6) is -2.45. The quantitative estimate of drug-likeness (QED) is 0.0195. The molecule has 5 rings (SSSR count). The molecule has 2 fully saturated rings. The Morgan fingerprint density at radius 1 is 0.700 bits per heavy atom. The summed E-state index contributed by atoms with van der Waals surface area (Å²) < 4.78 is 5.99. The van der Waals surface area contributed by atoms with Crippen LogP contribution < -0.4 is 26.5 Å². The predicted octanol–water partition coefficient (Wildman–Crippen LogP) is 4.18. The number of amides is 4. The molecule has 0 aliphatic carbocycles. The van der Waals surface area contributed by atoms with E-state index in [1.807, 2.05) is 34.9 Å². The third-order valence-electron chi connectivity index (χ3n) is 14.7. The molecule has 22 nitrogen and oxygen atoms in total. The summed E-state index contributed by atoms with van der Waals surface area (Å²) in [4.78, 5) is 99.8. The van der Waals surface area contributed by atoms with Gasteiger partial charge in [0.05, 0.1) is 43.9 Å². The molecule has 440 valence electrons. The summed E-state index contributed by atoms with van der Waals surface area (Å²) in [6.45, 7) is 6.08. The number of nitrogens with two attached hydrogens (primary N) is 1. The molecule has 2 aliphatic rings. The van der Waals surface area contributed by atoms with Crippen LogP contribution in [0.5, 0.6) is 5.75 Å². The number of hydrogen-bond donors (Lipinski definition) is 7. The van der Waals surface area contributed by atoms with E-state index in [0.717, 1.165) is 77.3 Å². The van der Waals surface area contributed by atoms with Crippen LogP contribution in [0.4, 0.5) is 0 Å². The van der Waals surface area contributed by atoms with Crippen LogP contribution in [0, 0.1) is 12.8 Å². The number of aliphatic carboxylic acids is 3. The first kappa shape index (κ1) is 64.1. The molecular weight excluding hydrogens is 1030 g/mol. The zero-order chi connectivity index (χ0) is 57.5. The molecule has 1 atom stereocenters. The molecule has 2 saturated heterocycles. The number of aryl methyl sites for hydroxylation is 2. The largest absolute Gasteiger partial charge is 0.494 e. The minimum atomic E-state index is -1.03. The minimum absolute atomic E-state index is 0.00525. The van der Waals surface area contributed by atoms with Crippen molar-refractivity contribution in [2.24, 2.45) is 16.8 Å². The van der Waals surface area contributed by atoms with E-state index >= 15 is 0 Å². The second-order valence-electron chi connectivity index (χ2n) is 21.2. The molecule has 2 aliphatic heterocycles. The summed E-state index contributed by atoms with van der Waals surface area (Å²) in [6, 6.07) is 15.4. The maximum absolute atomic E-state index is 13.8. The van der Waals surface area contributed by atoms with Crippen molar-refractivity contribution in [2.75, 3.05) is 105 Å². The molecule has 8 N–H and O–H groups in total. The van der Waals surface area contributed by atoms with Crippen molar-refractivity contribution in [3.8, 4) is 5.75 Å². The number of carbonyl (C=O) groups is 7. The van der Waals surface area contributed by atoms with Gasteiger partial charge in [0.1, 0.15) is 11.9 Å². The van der Waals surface area contributed by atoms with Gasteiger partial charge in [0.15, 0.2) is 0 Å². The fourth-order valence-electron chi connectivity index (χ4n) is 10.1. The van der Waals surface area contributed by atoms with Crippen LogP contribution in [0.3, 0.4) is 0 Å². The van der Waals surface area contributed by atoms with E-state index < -0.39 is 30.0 Å². The Hall–Kier alpha value is -6.75. The smallest absolute Gasteiger partial charge is 0.317 e. The van der Waals surface area contributed by atoms with Gasteiger partial charge in [0, 0.05) is 103 Å². The number of nitrogens with one attached hydrogen (secondary N) is 3. The third kappa shape index (κ3) is 25.6. The molecule has 0 saturated carbocycles. The fourth-order valence-corrected chi connectivity index (χ4v) is 10.1. The van der Waals surface area contributed by atoms with Gasteiger partial charge in [-0.3, -0.25) is 63.6 Å². The number of benzene rings is 2. The molecule has 80 heavy (non-hydrogen) atoms. The standard InChI is InChI=1S/C58H87N11O11/c1-44-16-18-45(19-17-44)12-10-14-52(70)61-25-8-5-13-51(63-53(71)40-65-30-32-66(41-55(73)74)34-36-68(43-57(77)78)37-35-67(33-31-65)42-56(75)76)64-62-26-7-3-2-4-15-54(72)69-28-23-46(24-29-69)11-6-9-38-80-47-20-21-50-49(39-47)48(58(59)79)22-27-60-50/h16-22,26-27,39,46,51,64H,2-15,23-25,28-38,40-43H2,1H3,(H2,59,79)(H,61,70)(H,63,71)(H,73,74)(H,75,76)(H,77,78)/b62-26+/t51-/m1/s1. The average Bonchev–Trinajstić information content (AvgIpc) is 3.42. The van der Waals surface area contributed by atoms with Crippen molar-refractivity contribution in [1.82, 2.24) is 45.5 Å². The van der Waals surface area contributed by atoms with Crippen molar-refractivity contribution in [3.05, 3.63) is 71.4 Å². The fraction of sp³-hybridized carbons (Fsp3) is 0.603. The first-order valence-electron chi connectivity index (χ1n) is 28.6. The normalized spacial score (nSPS) is 16.1. The number of nitrogens with zero attached hydrogens (tertiary/aromatic N) is 7. The van der Waals surface area contributed by atoms with Crippen LogP contribution in [0.2, 0.25) is 0 Å². The number of aromatic nitrogens is 1. The molecule has 3 heterocycles. The number of carboxylic acids is 3. The molecule has 1 aromatic heterocycles. The van der Waals surface area contributed by atoms with E-state index in [0.29, 0.717) is 92.9 Å². The van der Waals surface area contributed by atoms with Gasteiger partial charge in [-0.2, -0.15) is 5.10 Å². The first-order valence-corrected chi connectivity index (χ1v) is 28.6. The van der Waals surface area contributed by atoms with Crippen molar-refractivity contribution >= 4 is 58.7 Å². The van der Waals surface area contributed by atoms with Crippen LogP contribution in [-0.2, 0) is 35.2 Å². The summed E-state index contributed by atoms with van der Waals surface area (Å²) >= 11 is 0. The molecule has 4 amide bonds. The number of hydrazone groups is 1. The molecule has 22 heteroatoms. The second kappa shape index (κ2) is 35.8. The molecule has 3 aromatic rings. The molecule has 0 bridgehead atoms. The van der Waals surface area contributed by atoms with E-state index in [-0.39, 0.29) is 83.2 Å². The lowest BCUT2D eigenvalue weighted by molar-refractivity contribution is -0.140. The SMILES string of the molecule is Cc1ccc(CCCC(=O)NCCCC[C@@H](N/N=C/CCCCCC(=O)N2CCC(CCCCOc3ccc4nccc(C(N)=O)c4c3)CC2)NC(=O)CN2CCN(CC(=O)O)CCN(CC(=O)O)CCN(CC(=O)O)CC2)cc1. The highest BCUT2D eigenvalue weighted by molar-refractivity contribution is 6.05. The lowest BCUT2D eigenvalue weighted by Gasteiger charge is -2.33. The van der Waals surface area contributed by atoms with Gasteiger partial charge in [-0.15, -0.1) is 0 Å². The number of piperidine rings is 1. The van der Waals surface area contributed by atoms with Crippen LogP contribution in [0.25, 0.3) is 10.9 Å². The Labute approximate surface area is 470 Å². The highest BCUT2D eigenvalue weighted by Crippen LogP contribution is 2.25. The van der Waals surface area contributed by atoms with E-state index in [2.05, 4.69) is 50.4 Å². The Morgan fingerprint density at radius 2 is 1.32 bits per heavy atom. The molecule has 0 spiro atoms. The van der Waals surface area contributed by atoms with Crippen molar-refractivity contribution in [1.29, 1.82) is 0 Å². The van der Waals surface area contributed by atoms with Crippen molar-refractivity contribution in [3.63, 3.8) is 0 Å². The molecular formula is C58H87N11O11. The Balaban J connectivity index is 1.03. The van der Waals surface area contributed by atoms with Crippen molar-refractivity contribution < 1.29 is 53.6 Å². The van der Waals surface area contributed by atoms with Gasteiger partial charge < -0.3 is 41.3 Å². The van der Waals surface area contributed by atoms with Crippen molar-refractivity contribution in [2.45, 2.75) is 116 Å². The summed E-state index contributed by atoms with van der Waals surface area (Å²) in [7, 11) is 0. The number of unbranched alkanes of at least 4 members (excludes halogenated alkanes) is 5. The van der Waals surface area contributed by atoms with Crippen LogP contribution >= 0.6 is 0 Å². The van der Waals surface area contributed by atoms with E-state index in [1.54, 1.807) is 33.2 Å². The average molecular weight is 1110 g/mol. The van der Waals surface area contributed by atoms with Gasteiger partial charge >= 0.3 is 17.9 Å². The maximum Gasteiger partial charge on any atom is 0.317 e. The van der Waals surface area contributed by atoms with Crippen LogP contribution in [-0.4, -0.2) is 203 Å². The number of carboxylic acid groups (broad SMARTS) is 3. The van der Waals surface area contributed by atoms with E-state index in [4.69, 9.17) is 10.5 Å². The zero-order valence-corrected chi connectivity index (χ0v) is 46.9. The highest BCUT2D eigenvalue weighted by atomic mass is 16.5. The van der Waals surface area contributed by atoms with Gasteiger partial charge in [0.2, 0.25) is 23.6 Å². The van der Waals surface area contributed by atoms with Gasteiger partial charge in [-0.25, -0.2) is 0 Å². The summed E-state index contributed by atoms with van der Waals surface area (Å²) in [5.41, 5.74) is 12.2. The molecule has 0 radical (unpaired) electrons. The number of primary amides is 1. The highest BCUT2D eigenvalue weighted by Gasteiger charge is 2.24. The summed E-state index contributed by atoms with van der Waals surface area (Å²) in [6.07, 6.45) is 15.3. The third-order valence-corrected chi connectivity index (χ3v) is 14.7. The van der Waals surface area contributed by atoms with Gasteiger partial charge in [0.25, 0.3) is 0 Å². The second-order valence-corrected chi connectivity index (χ2v) is 21.2.